The molecule has 0 saturated carbocycles. The average molecular weight is 381 g/mol. The molecule has 3 N–H and O–H groups in total. The van der Waals surface area contributed by atoms with Gasteiger partial charge in [0.1, 0.15) is 0 Å². The highest BCUT2D eigenvalue weighted by molar-refractivity contribution is 5.94. The molecule has 150 valence electrons. The van der Waals surface area contributed by atoms with E-state index in [1.807, 2.05) is 37.3 Å². The second-order valence-corrected chi connectivity index (χ2v) is 6.82. The Morgan fingerprint density at radius 2 is 1.68 bits per heavy atom. The number of hydrogen-bond acceptors (Lipinski definition) is 2. The van der Waals surface area contributed by atoms with Crippen molar-refractivity contribution in [3.8, 4) is 0 Å². The van der Waals surface area contributed by atoms with Crippen LogP contribution in [0.15, 0.2) is 59.6 Å². The number of amides is 1. The summed E-state index contributed by atoms with van der Waals surface area (Å²) in [6, 6.07) is 18.4. The molecular formula is C23H32N4O. The number of rotatable bonds is 9. The van der Waals surface area contributed by atoms with Crippen molar-refractivity contribution in [2.24, 2.45) is 4.99 Å². The van der Waals surface area contributed by atoms with E-state index in [1.54, 1.807) is 0 Å². The first-order valence-electron chi connectivity index (χ1n) is 10.1. The molecular weight excluding hydrogens is 348 g/mol. The molecule has 1 unspecified atom stereocenters. The first kappa shape index (κ1) is 21.5. The molecule has 0 spiro atoms. The van der Waals surface area contributed by atoms with E-state index in [0.29, 0.717) is 24.7 Å². The van der Waals surface area contributed by atoms with Crippen molar-refractivity contribution in [1.82, 2.24) is 16.0 Å². The van der Waals surface area contributed by atoms with Crippen LogP contribution in [-0.4, -0.2) is 31.0 Å². The Labute approximate surface area is 168 Å². The molecule has 0 aliphatic rings. The van der Waals surface area contributed by atoms with E-state index in [4.69, 9.17) is 0 Å². The zero-order valence-corrected chi connectivity index (χ0v) is 17.2. The van der Waals surface area contributed by atoms with Gasteiger partial charge in [0, 0.05) is 24.7 Å². The van der Waals surface area contributed by atoms with Gasteiger partial charge in [0.2, 0.25) is 0 Å². The summed E-state index contributed by atoms with van der Waals surface area (Å²) in [5.41, 5.74) is 3.03. The van der Waals surface area contributed by atoms with Crippen molar-refractivity contribution in [1.29, 1.82) is 0 Å². The number of nitrogens with zero attached hydrogens (tertiary/aromatic N) is 1. The van der Waals surface area contributed by atoms with Crippen molar-refractivity contribution in [3.05, 3.63) is 71.3 Å². The molecule has 2 aromatic rings. The zero-order valence-electron chi connectivity index (χ0n) is 17.2. The predicted octanol–water partition coefficient (Wildman–Crippen LogP) is 3.51. The van der Waals surface area contributed by atoms with E-state index in [-0.39, 0.29) is 5.91 Å². The molecule has 0 radical (unpaired) electrons. The van der Waals surface area contributed by atoms with Gasteiger partial charge in [-0.05, 0) is 56.9 Å². The summed E-state index contributed by atoms with van der Waals surface area (Å²) in [5, 5.41) is 9.60. The standard InChI is InChI=1S/C23H32N4O/c1-4-24-22(28)21-13-9-12-20(16-21)17-26-23(25-5-2)27-18(3)14-15-19-10-7-6-8-11-19/h6-13,16,18H,4-5,14-15,17H2,1-3H3,(H,24,28)(H2,25,26,27). The SMILES string of the molecule is CCNC(=O)c1cccc(CN=C(NCC)NC(C)CCc2ccccc2)c1. The maximum absolute atomic E-state index is 12.0. The molecule has 0 bridgehead atoms. The number of aliphatic imine (C=N–C) groups is 1. The summed E-state index contributed by atoms with van der Waals surface area (Å²) in [7, 11) is 0. The second-order valence-electron chi connectivity index (χ2n) is 6.82. The van der Waals surface area contributed by atoms with E-state index in [2.05, 4.69) is 59.1 Å². The Hall–Kier alpha value is -2.82. The van der Waals surface area contributed by atoms with Crippen LogP contribution in [0.25, 0.3) is 0 Å². The maximum atomic E-state index is 12.0. The number of benzene rings is 2. The van der Waals surface area contributed by atoms with Gasteiger partial charge in [-0.1, -0.05) is 42.5 Å². The Kier molecular flexibility index (Phi) is 9.05. The van der Waals surface area contributed by atoms with Crippen LogP contribution in [0, 0.1) is 0 Å². The van der Waals surface area contributed by atoms with Gasteiger partial charge in [-0.25, -0.2) is 4.99 Å². The number of guanidine groups is 1. The molecule has 0 heterocycles. The van der Waals surface area contributed by atoms with Crippen LogP contribution in [0.3, 0.4) is 0 Å². The second kappa shape index (κ2) is 11.8. The van der Waals surface area contributed by atoms with Crippen LogP contribution in [-0.2, 0) is 13.0 Å². The fourth-order valence-electron chi connectivity index (χ4n) is 2.90. The zero-order chi connectivity index (χ0) is 20.2. The van der Waals surface area contributed by atoms with Crippen LogP contribution in [0.2, 0.25) is 0 Å². The molecule has 0 fully saturated rings. The van der Waals surface area contributed by atoms with Crippen molar-refractivity contribution in [3.63, 3.8) is 0 Å². The number of carbonyl (C=O) groups excluding carboxylic acids is 1. The van der Waals surface area contributed by atoms with E-state index >= 15 is 0 Å². The van der Waals surface area contributed by atoms with Crippen molar-refractivity contribution < 1.29 is 4.79 Å². The van der Waals surface area contributed by atoms with Crippen LogP contribution in [0.5, 0.6) is 0 Å². The van der Waals surface area contributed by atoms with Crippen LogP contribution >= 0.6 is 0 Å². The number of nitrogens with one attached hydrogen (secondary N) is 3. The van der Waals surface area contributed by atoms with Gasteiger partial charge in [0.05, 0.1) is 6.54 Å². The average Bonchev–Trinajstić information content (AvgIpc) is 2.72. The molecule has 0 aromatic heterocycles. The minimum atomic E-state index is -0.0482. The highest BCUT2D eigenvalue weighted by Crippen LogP contribution is 2.08. The topological polar surface area (TPSA) is 65.5 Å². The lowest BCUT2D eigenvalue weighted by Crippen LogP contribution is -2.42. The molecule has 5 heteroatoms. The van der Waals surface area contributed by atoms with Crippen LogP contribution in [0.4, 0.5) is 0 Å². The Balaban J connectivity index is 1.94. The van der Waals surface area contributed by atoms with Crippen LogP contribution < -0.4 is 16.0 Å². The quantitative estimate of drug-likeness (QED) is 0.461. The third-order valence-corrected chi connectivity index (χ3v) is 4.38. The molecule has 1 atom stereocenters. The fraction of sp³-hybridized carbons (Fsp3) is 0.391. The van der Waals surface area contributed by atoms with E-state index in [1.165, 1.54) is 5.56 Å². The van der Waals surface area contributed by atoms with Gasteiger partial charge in [0.15, 0.2) is 5.96 Å². The van der Waals surface area contributed by atoms with Gasteiger partial charge in [0.25, 0.3) is 5.91 Å². The molecule has 0 aliphatic carbocycles. The lowest BCUT2D eigenvalue weighted by molar-refractivity contribution is 0.0955. The van der Waals surface area contributed by atoms with Crippen molar-refractivity contribution in [2.45, 2.75) is 46.2 Å². The van der Waals surface area contributed by atoms with Crippen molar-refractivity contribution >= 4 is 11.9 Å². The lowest BCUT2D eigenvalue weighted by atomic mass is 10.1. The van der Waals surface area contributed by atoms with E-state index < -0.39 is 0 Å². The summed E-state index contributed by atoms with van der Waals surface area (Å²) >= 11 is 0. The summed E-state index contributed by atoms with van der Waals surface area (Å²) in [6.45, 7) is 8.09. The van der Waals surface area contributed by atoms with E-state index in [9.17, 15) is 4.79 Å². The lowest BCUT2D eigenvalue weighted by Gasteiger charge is -2.18. The summed E-state index contributed by atoms with van der Waals surface area (Å²) in [4.78, 5) is 16.7. The molecule has 28 heavy (non-hydrogen) atoms. The highest BCUT2D eigenvalue weighted by Gasteiger charge is 2.07. The van der Waals surface area contributed by atoms with Gasteiger partial charge in [-0.15, -0.1) is 0 Å². The monoisotopic (exact) mass is 380 g/mol. The van der Waals surface area contributed by atoms with Crippen LogP contribution in [0.1, 0.15) is 48.7 Å². The number of hydrogen-bond donors (Lipinski definition) is 3. The summed E-state index contributed by atoms with van der Waals surface area (Å²) in [6.07, 6.45) is 2.06. The Morgan fingerprint density at radius 3 is 2.39 bits per heavy atom. The van der Waals surface area contributed by atoms with Gasteiger partial charge in [-0.2, -0.15) is 0 Å². The van der Waals surface area contributed by atoms with Crippen molar-refractivity contribution in [2.75, 3.05) is 13.1 Å². The first-order chi connectivity index (χ1) is 13.6. The Morgan fingerprint density at radius 1 is 0.964 bits per heavy atom. The van der Waals surface area contributed by atoms with Gasteiger partial charge >= 0.3 is 0 Å². The smallest absolute Gasteiger partial charge is 0.251 e. The number of carbonyl (C=O) groups is 1. The molecule has 0 saturated heterocycles. The third-order valence-electron chi connectivity index (χ3n) is 4.38. The molecule has 2 aromatic carbocycles. The minimum absolute atomic E-state index is 0.0482. The number of aryl methyl sites for hydroxylation is 1. The first-order valence-corrected chi connectivity index (χ1v) is 10.1. The normalized spacial score (nSPS) is 12.3. The summed E-state index contributed by atoms with van der Waals surface area (Å²) in [5.74, 6) is 0.749. The van der Waals surface area contributed by atoms with Gasteiger partial charge in [-0.3, -0.25) is 4.79 Å². The van der Waals surface area contributed by atoms with E-state index in [0.717, 1.165) is 30.9 Å². The molecule has 1 amide bonds. The molecule has 0 aliphatic heterocycles. The maximum Gasteiger partial charge on any atom is 0.251 e. The largest absolute Gasteiger partial charge is 0.357 e. The molecule has 5 nitrogen and oxygen atoms in total. The van der Waals surface area contributed by atoms with Gasteiger partial charge < -0.3 is 16.0 Å². The predicted molar refractivity (Wildman–Crippen MR) is 117 cm³/mol. The summed E-state index contributed by atoms with van der Waals surface area (Å²) < 4.78 is 0. The molecule has 2 rings (SSSR count). The Bertz CT molecular complexity index is 758. The highest BCUT2D eigenvalue weighted by atomic mass is 16.1. The minimum Gasteiger partial charge on any atom is -0.357 e. The fourth-order valence-corrected chi connectivity index (χ4v) is 2.90. The third kappa shape index (κ3) is 7.43.